The zero-order valence-corrected chi connectivity index (χ0v) is 13.3. The summed E-state index contributed by atoms with van der Waals surface area (Å²) in [6, 6.07) is -0.295. The summed E-state index contributed by atoms with van der Waals surface area (Å²) in [5.41, 5.74) is 6.57. The Labute approximate surface area is 120 Å². The highest BCUT2D eigenvalue weighted by Crippen LogP contribution is 2.19. The normalized spacial score (nSPS) is 13.7. The van der Waals surface area contributed by atoms with E-state index in [0.29, 0.717) is 37.7 Å². The molecule has 0 aliphatic rings. The zero-order valence-electron chi connectivity index (χ0n) is 12.5. The molecule has 0 saturated heterocycles. The van der Waals surface area contributed by atoms with Crippen LogP contribution < -0.4 is 10.5 Å². The smallest absolute Gasteiger partial charge is 0.244 e. The number of aromatic nitrogens is 2. The van der Waals surface area contributed by atoms with E-state index in [1.54, 1.807) is 25.5 Å². The first-order chi connectivity index (χ1) is 9.33. The van der Waals surface area contributed by atoms with Crippen molar-refractivity contribution in [1.29, 1.82) is 0 Å². The van der Waals surface area contributed by atoms with Crippen LogP contribution in [0.4, 0.5) is 0 Å². The topological polar surface area (TPSA) is 99.2 Å². The predicted molar refractivity (Wildman–Crippen MR) is 77.0 cm³/mol. The van der Waals surface area contributed by atoms with Gasteiger partial charge in [0.05, 0.1) is 24.5 Å². The minimum atomic E-state index is -3.60. The minimum Gasteiger partial charge on any atom is -0.380 e. The van der Waals surface area contributed by atoms with E-state index in [1.807, 2.05) is 6.92 Å². The first-order valence-corrected chi connectivity index (χ1v) is 8.16. The largest absolute Gasteiger partial charge is 0.380 e. The first-order valence-electron chi connectivity index (χ1n) is 6.67. The van der Waals surface area contributed by atoms with Crippen molar-refractivity contribution in [3.05, 3.63) is 11.4 Å². The Morgan fingerprint density at radius 3 is 2.65 bits per heavy atom. The third-order valence-corrected chi connectivity index (χ3v) is 4.69. The molecule has 3 N–H and O–H groups in total. The molecule has 0 saturated carbocycles. The van der Waals surface area contributed by atoms with Crippen LogP contribution in [0.5, 0.6) is 0 Å². The van der Waals surface area contributed by atoms with Crippen LogP contribution in [0.1, 0.15) is 25.2 Å². The number of hydrogen-bond donors (Lipinski definition) is 2. The molecule has 1 unspecified atom stereocenters. The fourth-order valence-corrected chi connectivity index (χ4v) is 3.70. The van der Waals surface area contributed by atoms with Gasteiger partial charge in [-0.2, -0.15) is 5.10 Å². The van der Waals surface area contributed by atoms with Gasteiger partial charge in [-0.25, -0.2) is 13.1 Å². The summed E-state index contributed by atoms with van der Waals surface area (Å²) in [7, 11) is -3.60. The van der Waals surface area contributed by atoms with Gasteiger partial charge >= 0.3 is 0 Å². The van der Waals surface area contributed by atoms with Crippen LogP contribution in [0.15, 0.2) is 4.90 Å². The van der Waals surface area contributed by atoms with Crippen LogP contribution in [0, 0.1) is 13.8 Å². The zero-order chi connectivity index (χ0) is 15.3. The fourth-order valence-electron chi connectivity index (χ4n) is 2.06. The summed E-state index contributed by atoms with van der Waals surface area (Å²) >= 11 is 0. The van der Waals surface area contributed by atoms with Gasteiger partial charge in [-0.15, -0.1) is 0 Å². The first kappa shape index (κ1) is 17.1. The molecule has 1 rings (SSSR count). The molecule has 1 heterocycles. The molecule has 20 heavy (non-hydrogen) atoms. The number of nitrogens with one attached hydrogen (secondary N) is 1. The van der Waals surface area contributed by atoms with E-state index in [1.165, 1.54) is 0 Å². The van der Waals surface area contributed by atoms with Crippen molar-refractivity contribution >= 4 is 10.0 Å². The van der Waals surface area contributed by atoms with E-state index in [4.69, 9.17) is 10.5 Å². The van der Waals surface area contributed by atoms with E-state index in [-0.39, 0.29) is 10.9 Å². The van der Waals surface area contributed by atoms with Crippen LogP contribution >= 0.6 is 0 Å². The number of hydrogen-bond acceptors (Lipinski definition) is 5. The maximum atomic E-state index is 12.4. The van der Waals surface area contributed by atoms with E-state index in [0.717, 1.165) is 0 Å². The molecule has 116 valence electrons. The highest BCUT2D eigenvalue weighted by Gasteiger charge is 2.25. The summed E-state index contributed by atoms with van der Waals surface area (Å²) < 4.78 is 34.3. The van der Waals surface area contributed by atoms with Crippen LogP contribution in [0.25, 0.3) is 0 Å². The molecule has 8 heteroatoms. The molecule has 0 bridgehead atoms. The third kappa shape index (κ3) is 4.02. The Morgan fingerprint density at radius 2 is 2.10 bits per heavy atom. The Kier molecular flexibility index (Phi) is 6.12. The second-order valence-corrected chi connectivity index (χ2v) is 6.34. The molecular formula is C12H24N4O3S. The lowest BCUT2D eigenvalue weighted by molar-refractivity contribution is 0.133. The molecule has 0 aliphatic carbocycles. The summed E-state index contributed by atoms with van der Waals surface area (Å²) in [6.07, 6.45) is 0. The lowest BCUT2D eigenvalue weighted by atomic mass is 10.4. The Bertz CT molecular complexity index is 539. The van der Waals surface area contributed by atoms with Gasteiger partial charge in [0.15, 0.2) is 0 Å². The molecule has 0 spiro atoms. The van der Waals surface area contributed by atoms with Crippen LogP contribution in [0.3, 0.4) is 0 Å². The molecule has 0 aromatic carbocycles. The number of ether oxygens (including phenoxy) is 1. The van der Waals surface area contributed by atoms with Crippen LogP contribution in [-0.2, 0) is 21.3 Å². The lowest BCUT2D eigenvalue weighted by Crippen LogP contribution is -2.36. The number of aryl methyl sites for hydroxylation is 1. The van der Waals surface area contributed by atoms with Gasteiger partial charge in [0.25, 0.3) is 0 Å². The van der Waals surface area contributed by atoms with Gasteiger partial charge in [-0.1, -0.05) is 0 Å². The van der Waals surface area contributed by atoms with Crippen molar-refractivity contribution < 1.29 is 13.2 Å². The maximum Gasteiger partial charge on any atom is 0.244 e. The summed E-state index contributed by atoms with van der Waals surface area (Å²) in [6.45, 7) is 8.85. The molecule has 1 atom stereocenters. The van der Waals surface area contributed by atoms with Crippen molar-refractivity contribution in [2.75, 3.05) is 19.8 Å². The highest BCUT2D eigenvalue weighted by atomic mass is 32.2. The van der Waals surface area contributed by atoms with Gasteiger partial charge in [0.2, 0.25) is 10.0 Å². The molecule has 0 radical (unpaired) electrons. The van der Waals surface area contributed by atoms with Crippen molar-refractivity contribution in [2.24, 2.45) is 5.73 Å². The van der Waals surface area contributed by atoms with Crippen LogP contribution in [-0.4, -0.2) is 44.0 Å². The number of rotatable bonds is 8. The number of nitrogens with two attached hydrogens (primary N) is 1. The Balaban J connectivity index is 2.98. The standard InChI is InChI=1S/C12H24N4O3S/c1-5-19-8-9(2)15-20(17,18)12-10(3)14-16(7-6-13)11(12)4/h9,15H,5-8,13H2,1-4H3. The summed E-state index contributed by atoms with van der Waals surface area (Å²) in [5.74, 6) is 0. The van der Waals surface area contributed by atoms with Crippen molar-refractivity contribution in [3.63, 3.8) is 0 Å². The van der Waals surface area contributed by atoms with Gasteiger partial charge in [0.1, 0.15) is 4.90 Å². The molecule has 0 amide bonds. The van der Waals surface area contributed by atoms with Crippen molar-refractivity contribution in [2.45, 2.75) is 45.2 Å². The lowest BCUT2D eigenvalue weighted by Gasteiger charge is -2.14. The second-order valence-electron chi connectivity index (χ2n) is 4.69. The fraction of sp³-hybridized carbons (Fsp3) is 0.750. The average Bonchev–Trinajstić information content (AvgIpc) is 2.62. The van der Waals surface area contributed by atoms with E-state index < -0.39 is 10.0 Å². The van der Waals surface area contributed by atoms with Crippen molar-refractivity contribution in [3.8, 4) is 0 Å². The molecule has 0 aliphatic heterocycles. The minimum absolute atomic E-state index is 0.231. The monoisotopic (exact) mass is 304 g/mol. The van der Waals surface area contributed by atoms with Gasteiger partial charge in [-0.3, -0.25) is 4.68 Å². The molecular weight excluding hydrogens is 280 g/mol. The molecule has 7 nitrogen and oxygen atoms in total. The second kappa shape index (κ2) is 7.16. The Hall–Kier alpha value is -0.960. The summed E-state index contributed by atoms with van der Waals surface area (Å²) in [5, 5.41) is 4.22. The van der Waals surface area contributed by atoms with Crippen LogP contribution in [0.2, 0.25) is 0 Å². The maximum absolute atomic E-state index is 12.4. The average molecular weight is 304 g/mol. The highest BCUT2D eigenvalue weighted by molar-refractivity contribution is 7.89. The van der Waals surface area contributed by atoms with Gasteiger partial charge < -0.3 is 10.5 Å². The number of sulfonamides is 1. The quantitative estimate of drug-likeness (QED) is 0.713. The molecule has 0 fully saturated rings. The van der Waals surface area contributed by atoms with Gasteiger partial charge in [0, 0.05) is 19.2 Å². The van der Waals surface area contributed by atoms with Crippen molar-refractivity contribution in [1.82, 2.24) is 14.5 Å². The molecule has 1 aromatic heterocycles. The SMILES string of the molecule is CCOCC(C)NS(=O)(=O)c1c(C)nn(CCN)c1C. The van der Waals surface area contributed by atoms with E-state index >= 15 is 0 Å². The van der Waals surface area contributed by atoms with E-state index in [2.05, 4.69) is 9.82 Å². The van der Waals surface area contributed by atoms with E-state index in [9.17, 15) is 8.42 Å². The third-order valence-electron chi connectivity index (χ3n) is 2.85. The predicted octanol–water partition coefficient (Wildman–Crippen LogP) is 0.162. The molecule has 1 aromatic rings. The van der Waals surface area contributed by atoms with Gasteiger partial charge in [-0.05, 0) is 27.7 Å². The Morgan fingerprint density at radius 1 is 1.45 bits per heavy atom. The summed E-state index contributed by atoms with van der Waals surface area (Å²) in [4.78, 5) is 0.231. The number of nitrogens with zero attached hydrogens (tertiary/aromatic N) is 2.